The number of hydrogen-bond donors (Lipinski definition) is 0. The highest BCUT2D eigenvalue weighted by Gasteiger charge is 2.31. The molecule has 5 nitrogen and oxygen atoms in total. The van der Waals surface area contributed by atoms with Crippen molar-refractivity contribution in [3.05, 3.63) is 0 Å². The molecule has 0 aliphatic carbocycles. The topological polar surface area (TPSA) is 46.2 Å². The van der Waals surface area contributed by atoms with Crippen LogP contribution in [0.5, 0.6) is 0 Å². The Balaban J connectivity index is 4.32. The van der Waals surface area contributed by atoms with E-state index < -0.39 is 35.7 Å². The Labute approximate surface area is 111 Å². The van der Waals surface area contributed by atoms with Gasteiger partial charge in [0.1, 0.15) is 0 Å². The van der Waals surface area contributed by atoms with Crippen molar-refractivity contribution in [1.29, 1.82) is 0 Å². The van der Waals surface area contributed by atoms with Crippen LogP contribution in [0.4, 0.5) is 0 Å². The van der Waals surface area contributed by atoms with Crippen molar-refractivity contribution in [2.45, 2.75) is 39.3 Å². The molecule has 0 radical (unpaired) electrons. The molecular weight excluding hydrogens is 288 g/mol. The minimum absolute atomic E-state index is 1.62. The summed E-state index contributed by atoms with van der Waals surface area (Å²) >= 11 is 0. The SMILES string of the molecule is CO[SiH](O[SiH](OC)O[Si](C)(C)C)O[Si](C)(C)C. The summed E-state index contributed by atoms with van der Waals surface area (Å²) in [6.07, 6.45) is 0. The third-order valence-corrected chi connectivity index (χ3v) is 11.3. The predicted molar refractivity (Wildman–Crippen MR) is 78.3 cm³/mol. The van der Waals surface area contributed by atoms with Crippen LogP contribution in [-0.2, 0) is 21.2 Å². The van der Waals surface area contributed by atoms with Gasteiger partial charge in [0, 0.05) is 14.2 Å². The molecule has 0 aromatic heterocycles. The fourth-order valence-corrected chi connectivity index (χ4v) is 9.38. The first kappa shape index (κ1) is 17.7. The van der Waals surface area contributed by atoms with Crippen LogP contribution in [0, 0.1) is 0 Å². The van der Waals surface area contributed by atoms with E-state index >= 15 is 0 Å². The van der Waals surface area contributed by atoms with Gasteiger partial charge in [-0.25, -0.2) is 0 Å². The van der Waals surface area contributed by atoms with Gasteiger partial charge < -0.3 is 21.2 Å². The largest absolute Gasteiger partial charge is 0.465 e. The molecule has 0 aliphatic heterocycles. The van der Waals surface area contributed by atoms with Crippen LogP contribution >= 0.6 is 0 Å². The van der Waals surface area contributed by atoms with E-state index in [1.54, 1.807) is 14.2 Å². The quantitative estimate of drug-likeness (QED) is 0.634. The molecule has 0 heterocycles. The molecule has 2 unspecified atom stereocenters. The van der Waals surface area contributed by atoms with E-state index in [0.717, 1.165) is 0 Å². The number of rotatable bonds is 8. The molecule has 17 heavy (non-hydrogen) atoms. The van der Waals surface area contributed by atoms with Crippen molar-refractivity contribution in [2.75, 3.05) is 14.2 Å². The average Bonchev–Trinajstić information content (AvgIpc) is 2.11. The van der Waals surface area contributed by atoms with Gasteiger partial charge in [0.15, 0.2) is 16.6 Å². The van der Waals surface area contributed by atoms with Crippen LogP contribution in [0.3, 0.4) is 0 Å². The third kappa shape index (κ3) is 10.3. The van der Waals surface area contributed by atoms with E-state index in [4.69, 9.17) is 21.2 Å². The fraction of sp³-hybridized carbons (Fsp3) is 1.00. The summed E-state index contributed by atoms with van der Waals surface area (Å²) in [5.41, 5.74) is 0. The smallest absolute Gasteiger partial charge is 0.419 e. The summed E-state index contributed by atoms with van der Waals surface area (Å²) in [7, 11) is -4.27. The van der Waals surface area contributed by atoms with Gasteiger partial charge in [-0.05, 0) is 39.3 Å². The van der Waals surface area contributed by atoms with Gasteiger partial charge in [-0.2, -0.15) is 0 Å². The second-order valence-corrected chi connectivity index (χ2v) is 19.2. The summed E-state index contributed by atoms with van der Waals surface area (Å²) in [6.45, 7) is 12.7. The second kappa shape index (κ2) is 7.30. The first-order chi connectivity index (χ1) is 7.57. The minimum Gasteiger partial charge on any atom is -0.419 e. The summed E-state index contributed by atoms with van der Waals surface area (Å²) in [6, 6.07) is 0. The average molecular weight is 315 g/mol. The van der Waals surface area contributed by atoms with E-state index in [9.17, 15) is 0 Å². The Kier molecular flexibility index (Phi) is 7.59. The van der Waals surface area contributed by atoms with Crippen molar-refractivity contribution >= 4 is 35.7 Å². The van der Waals surface area contributed by atoms with Gasteiger partial charge in [0.05, 0.1) is 0 Å². The molecule has 0 saturated heterocycles. The molecule has 0 aromatic rings. The zero-order valence-corrected chi connectivity index (χ0v) is 16.5. The highest BCUT2D eigenvalue weighted by molar-refractivity contribution is 6.78. The van der Waals surface area contributed by atoms with Crippen molar-refractivity contribution in [1.82, 2.24) is 0 Å². The van der Waals surface area contributed by atoms with E-state index in [1.165, 1.54) is 0 Å². The molecular formula is C8H26O5Si4. The van der Waals surface area contributed by atoms with Gasteiger partial charge in [0.2, 0.25) is 0 Å². The second-order valence-electron chi connectivity index (χ2n) is 5.65. The molecule has 0 fully saturated rings. The molecule has 0 N–H and O–H groups in total. The Morgan fingerprint density at radius 3 is 1.12 bits per heavy atom. The van der Waals surface area contributed by atoms with Gasteiger partial charge >= 0.3 is 19.1 Å². The molecule has 0 aromatic carbocycles. The van der Waals surface area contributed by atoms with Gasteiger partial charge in [-0.1, -0.05) is 0 Å². The van der Waals surface area contributed by atoms with Crippen LogP contribution in [0.1, 0.15) is 0 Å². The first-order valence-corrected chi connectivity index (χ1v) is 15.3. The van der Waals surface area contributed by atoms with Crippen LogP contribution < -0.4 is 0 Å². The summed E-state index contributed by atoms with van der Waals surface area (Å²) in [5.74, 6) is 0. The Hall–Kier alpha value is 0.668. The fourth-order valence-electron chi connectivity index (χ4n) is 0.931. The van der Waals surface area contributed by atoms with E-state index in [-0.39, 0.29) is 0 Å². The number of hydrogen-bond acceptors (Lipinski definition) is 5. The lowest BCUT2D eigenvalue weighted by molar-refractivity contribution is 0.177. The lowest BCUT2D eigenvalue weighted by atomic mass is 11.8. The molecule has 2 atom stereocenters. The van der Waals surface area contributed by atoms with E-state index in [2.05, 4.69) is 39.3 Å². The molecule has 0 amide bonds. The van der Waals surface area contributed by atoms with E-state index in [0.29, 0.717) is 0 Å². The van der Waals surface area contributed by atoms with Gasteiger partial charge in [-0.15, -0.1) is 0 Å². The van der Waals surface area contributed by atoms with Gasteiger partial charge in [-0.3, -0.25) is 0 Å². The van der Waals surface area contributed by atoms with Crippen molar-refractivity contribution < 1.29 is 21.2 Å². The predicted octanol–water partition coefficient (Wildman–Crippen LogP) is 1.43. The first-order valence-electron chi connectivity index (χ1n) is 5.64. The standard InChI is InChI=1S/C8H26O5Si4/c1-9-14(12-16(3,4)5)11-15(10-2)13-17(6,7)8/h14-15H,1-8H3. The molecule has 9 heteroatoms. The Morgan fingerprint density at radius 1 is 0.647 bits per heavy atom. The van der Waals surface area contributed by atoms with Crippen LogP contribution in [-0.4, -0.2) is 49.9 Å². The van der Waals surface area contributed by atoms with E-state index in [1.807, 2.05) is 0 Å². The highest BCUT2D eigenvalue weighted by atomic mass is 28.5. The molecule has 0 bridgehead atoms. The minimum atomic E-state index is -2.11. The monoisotopic (exact) mass is 314 g/mol. The lowest BCUT2D eigenvalue weighted by Gasteiger charge is -2.28. The summed E-state index contributed by atoms with van der Waals surface area (Å²) in [5, 5.41) is 0. The maximum Gasteiger partial charge on any atom is 0.465 e. The maximum absolute atomic E-state index is 5.86. The Morgan fingerprint density at radius 2 is 0.941 bits per heavy atom. The van der Waals surface area contributed by atoms with Crippen LogP contribution in [0.15, 0.2) is 0 Å². The zero-order valence-electron chi connectivity index (χ0n) is 12.2. The van der Waals surface area contributed by atoms with Crippen LogP contribution in [0.2, 0.25) is 39.3 Å². The van der Waals surface area contributed by atoms with Crippen LogP contribution in [0.25, 0.3) is 0 Å². The third-order valence-electron chi connectivity index (χ3n) is 1.51. The molecule has 0 spiro atoms. The van der Waals surface area contributed by atoms with Crippen molar-refractivity contribution in [3.8, 4) is 0 Å². The maximum atomic E-state index is 5.86. The Bertz CT molecular complexity index is 193. The summed E-state index contributed by atoms with van der Waals surface area (Å²) in [4.78, 5) is 0. The zero-order chi connectivity index (χ0) is 13.7. The molecule has 0 rings (SSSR count). The molecule has 0 saturated carbocycles. The van der Waals surface area contributed by atoms with Crippen molar-refractivity contribution in [2.24, 2.45) is 0 Å². The summed E-state index contributed by atoms with van der Waals surface area (Å²) < 4.78 is 28.1. The highest BCUT2D eigenvalue weighted by Crippen LogP contribution is 2.11. The molecule has 104 valence electrons. The molecule has 0 aliphatic rings. The van der Waals surface area contributed by atoms with Gasteiger partial charge in [0.25, 0.3) is 0 Å². The lowest BCUT2D eigenvalue weighted by Crippen LogP contribution is -2.46. The normalized spacial score (nSPS) is 16.9. The van der Waals surface area contributed by atoms with Crippen molar-refractivity contribution in [3.63, 3.8) is 0 Å².